The summed E-state index contributed by atoms with van der Waals surface area (Å²) in [4.78, 5) is 15.6. The molecule has 3 heteroatoms. The summed E-state index contributed by atoms with van der Waals surface area (Å²) in [6.07, 6.45) is 6.97. The van der Waals surface area contributed by atoms with Gasteiger partial charge in [-0.25, -0.2) is 9.78 Å². The second-order valence-electron chi connectivity index (χ2n) is 3.75. The zero-order valence-electron chi connectivity index (χ0n) is 11.4. The number of hydrogen-bond donors (Lipinski definition) is 0. The van der Waals surface area contributed by atoms with Gasteiger partial charge in [-0.3, -0.25) is 0 Å². The largest absolute Gasteiger partial charge is 0.464 e. The van der Waals surface area contributed by atoms with Crippen LogP contribution in [0.15, 0.2) is 23.8 Å². The Labute approximate surface area is 108 Å². The van der Waals surface area contributed by atoms with Gasteiger partial charge in [0, 0.05) is 0 Å². The van der Waals surface area contributed by atoms with Crippen LogP contribution in [0.4, 0.5) is 0 Å². The summed E-state index contributed by atoms with van der Waals surface area (Å²) in [5.41, 5.74) is 1.63. The summed E-state index contributed by atoms with van der Waals surface area (Å²) in [7, 11) is 1.36. The molecule has 1 aliphatic carbocycles. The van der Waals surface area contributed by atoms with Gasteiger partial charge in [-0.1, -0.05) is 43.7 Å². The van der Waals surface area contributed by atoms with E-state index in [9.17, 15) is 4.79 Å². The lowest BCUT2D eigenvalue weighted by atomic mass is 10.2. The summed E-state index contributed by atoms with van der Waals surface area (Å²) in [5, 5.41) is 1.88. The second-order valence-corrected chi connectivity index (χ2v) is 3.75. The van der Waals surface area contributed by atoms with Crippen LogP contribution in [0.5, 0.6) is 0 Å². The van der Waals surface area contributed by atoms with Crippen molar-refractivity contribution in [2.75, 3.05) is 7.11 Å². The number of carbonyl (C=O) groups excluding carboxylic acids is 1. The maximum atomic E-state index is 11.3. The number of ether oxygens (including phenoxy) is 1. The summed E-state index contributed by atoms with van der Waals surface area (Å²) < 4.78 is 4.64. The molecular weight excluding hydrogens is 226 g/mol. The maximum Gasteiger partial charge on any atom is 0.356 e. The highest BCUT2D eigenvalue weighted by Crippen LogP contribution is 2.02. The van der Waals surface area contributed by atoms with Gasteiger partial charge < -0.3 is 4.74 Å². The van der Waals surface area contributed by atoms with Gasteiger partial charge in [0.05, 0.1) is 12.5 Å². The smallest absolute Gasteiger partial charge is 0.356 e. The molecule has 0 spiro atoms. The Morgan fingerprint density at radius 3 is 2.67 bits per heavy atom. The van der Waals surface area contributed by atoms with Crippen molar-refractivity contribution in [3.63, 3.8) is 0 Å². The van der Waals surface area contributed by atoms with Gasteiger partial charge in [-0.2, -0.15) is 0 Å². The summed E-state index contributed by atoms with van der Waals surface area (Å²) in [6, 6.07) is 3.57. The monoisotopic (exact) mass is 245 g/mol. The van der Waals surface area contributed by atoms with Crippen LogP contribution in [0.25, 0.3) is 12.2 Å². The van der Waals surface area contributed by atoms with E-state index in [1.807, 2.05) is 32.1 Å². The van der Waals surface area contributed by atoms with E-state index in [1.165, 1.54) is 12.7 Å². The molecule has 0 aliphatic heterocycles. The van der Waals surface area contributed by atoms with E-state index in [0.717, 1.165) is 17.0 Å². The van der Waals surface area contributed by atoms with Gasteiger partial charge in [0.2, 0.25) is 0 Å². The van der Waals surface area contributed by atoms with Gasteiger partial charge in [-0.05, 0) is 24.6 Å². The summed E-state index contributed by atoms with van der Waals surface area (Å²) in [6.45, 7) is 6.07. The highest BCUT2D eigenvalue weighted by atomic mass is 16.5. The zero-order valence-corrected chi connectivity index (χ0v) is 11.4. The lowest BCUT2D eigenvalue weighted by Gasteiger charge is -1.97. The van der Waals surface area contributed by atoms with Crippen molar-refractivity contribution >= 4 is 18.1 Å². The van der Waals surface area contributed by atoms with Gasteiger partial charge in [0.1, 0.15) is 5.69 Å². The number of allylic oxidation sites excluding steroid dienone is 2. The van der Waals surface area contributed by atoms with Gasteiger partial charge in [-0.15, -0.1) is 0 Å². The zero-order chi connectivity index (χ0) is 13.5. The first-order chi connectivity index (χ1) is 8.70. The highest BCUT2D eigenvalue weighted by molar-refractivity contribution is 5.87. The molecule has 0 bridgehead atoms. The number of nitrogens with zero attached hydrogens (tertiary/aromatic N) is 1. The lowest BCUT2D eigenvalue weighted by Crippen LogP contribution is -2.29. The number of methoxy groups -OCH3 is 1. The molecule has 1 aromatic rings. The molecule has 1 aliphatic rings. The van der Waals surface area contributed by atoms with E-state index in [-0.39, 0.29) is 0 Å². The van der Waals surface area contributed by atoms with E-state index in [2.05, 4.69) is 22.7 Å². The molecule has 0 saturated carbocycles. The van der Waals surface area contributed by atoms with Gasteiger partial charge >= 0.3 is 5.97 Å². The van der Waals surface area contributed by atoms with E-state index in [0.29, 0.717) is 5.69 Å². The molecule has 0 saturated heterocycles. The van der Waals surface area contributed by atoms with Gasteiger partial charge in [0.15, 0.2) is 0 Å². The molecule has 0 radical (unpaired) electrons. The molecule has 0 atom stereocenters. The fourth-order valence-corrected chi connectivity index (χ4v) is 1.57. The Bertz CT molecular complexity index is 571. The third kappa shape index (κ3) is 3.29. The summed E-state index contributed by atoms with van der Waals surface area (Å²) in [5.74, 6) is -0.398. The predicted molar refractivity (Wildman–Crippen MR) is 73.5 cm³/mol. The minimum absolute atomic E-state index is 0.352. The molecule has 0 amide bonds. The summed E-state index contributed by atoms with van der Waals surface area (Å²) >= 11 is 0. The number of hydrogen-bond acceptors (Lipinski definition) is 3. The molecule has 0 N–H and O–H groups in total. The van der Waals surface area contributed by atoms with Crippen LogP contribution >= 0.6 is 0 Å². The molecule has 1 heterocycles. The van der Waals surface area contributed by atoms with Crippen molar-refractivity contribution in [1.82, 2.24) is 4.98 Å². The Morgan fingerprint density at radius 1 is 1.28 bits per heavy atom. The Kier molecular flexibility index (Phi) is 5.31. The second kappa shape index (κ2) is 6.74. The first-order valence-electron chi connectivity index (χ1n) is 6.14. The molecule has 18 heavy (non-hydrogen) atoms. The van der Waals surface area contributed by atoms with E-state index < -0.39 is 5.97 Å². The molecular formula is C15H19NO2. The molecule has 3 nitrogen and oxygen atoms in total. The third-order valence-electron chi connectivity index (χ3n) is 2.52. The predicted octanol–water partition coefficient (Wildman–Crippen LogP) is 1.81. The minimum Gasteiger partial charge on any atom is -0.464 e. The van der Waals surface area contributed by atoms with E-state index in [4.69, 9.17) is 0 Å². The highest BCUT2D eigenvalue weighted by Gasteiger charge is 2.06. The first-order valence-corrected chi connectivity index (χ1v) is 6.14. The Hall–Kier alpha value is -1.90. The lowest BCUT2D eigenvalue weighted by molar-refractivity contribution is 0.0593. The molecule has 1 aromatic heterocycles. The van der Waals surface area contributed by atoms with Crippen LogP contribution in [-0.2, 0) is 4.74 Å². The van der Waals surface area contributed by atoms with Crippen molar-refractivity contribution in [2.45, 2.75) is 27.2 Å². The average molecular weight is 245 g/mol. The number of pyridine rings is 1. The van der Waals surface area contributed by atoms with Crippen molar-refractivity contribution in [2.24, 2.45) is 0 Å². The average Bonchev–Trinajstić information content (AvgIpc) is 2.62. The number of carbonyl (C=O) groups is 1. The fraction of sp³-hybridized carbons (Fsp3) is 0.333. The Morgan fingerprint density at radius 2 is 2.00 bits per heavy atom. The molecule has 0 fully saturated rings. The van der Waals surface area contributed by atoms with Crippen molar-refractivity contribution < 1.29 is 9.53 Å². The van der Waals surface area contributed by atoms with Crippen molar-refractivity contribution in [1.29, 1.82) is 0 Å². The van der Waals surface area contributed by atoms with Gasteiger partial charge in [0.25, 0.3) is 0 Å². The molecule has 96 valence electrons. The van der Waals surface area contributed by atoms with Crippen molar-refractivity contribution in [3.05, 3.63) is 40.0 Å². The topological polar surface area (TPSA) is 39.2 Å². The number of esters is 1. The standard InChI is InChI=1S/C13H13NO2.C2H6/c1-9-3-5-10-6-8-12(13(15)16-2)14-11(10)7-4-9;1-2/h3,5-8H,4H2,1-2H3;1-2H3. The maximum absolute atomic E-state index is 11.3. The van der Waals surface area contributed by atoms with Crippen LogP contribution < -0.4 is 10.6 Å². The number of aromatic nitrogens is 1. The van der Waals surface area contributed by atoms with Crippen LogP contribution in [0.1, 0.15) is 37.7 Å². The van der Waals surface area contributed by atoms with Crippen LogP contribution in [-0.4, -0.2) is 18.1 Å². The fourth-order valence-electron chi connectivity index (χ4n) is 1.57. The molecule has 2 rings (SSSR count). The normalized spacial score (nSPS) is 12.6. The third-order valence-corrected chi connectivity index (χ3v) is 2.52. The van der Waals surface area contributed by atoms with Crippen molar-refractivity contribution in [3.8, 4) is 0 Å². The first kappa shape index (κ1) is 14.2. The SMILES string of the molecule is CC.COC(=O)c1ccc2c(n1)=CCC(C)=CC=2. The Balaban J connectivity index is 0.000000771. The van der Waals surface area contributed by atoms with E-state index in [1.54, 1.807) is 6.07 Å². The minimum atomic E-state index is -0.398. The number of fused-ring (bicyclic) bond motifs is 1. The van der Waals surface area contributed by atoms with Crippen LogP contribution in [0.2, 0.25) is 0 Å². The van der Waals surface area contributed by atoms with Crippen LogP contribution in [0.3, 0.4) is 0 Å². The molecule has 0 aromatic carbocycles. The van der Waals surface area contributed by atoms with Crippen LogP contribution in [0, 0.1) is 0 Å². The molecule has 0 unspecified atom stereocenters. The quantitative estimate of drug-likeness (QED) is 0.708. The number of rotatable bonds is 1. The van der Waals surface area contributed by atoms with E-state index >= 15 is 0 Å².